The molecular weight excluding hydrogens is 446 g/mol. The third-order valence-electron chi connectivity index (χ3n) is 9.26. The van der Waals surface area contributed by atoms with Gasteiger partial charge in [0.1, 0.15) is 11.5 Å². The maximum Gasteiger partial charge on any atom is 0.184 e. The lowest BCUT2D eigenvalue weighted by Gasteiger charge is -2.35. The summed E-state index contributed by atoms with van der Waals surface area (Å²) in [4.78, 5) is 23.5. The average Bonchev–Trinajstić information content (AvgIpc) is 3.05. The first kappa shape index (κ1) is 25.7. The van der Waals surface area contributed by atoms with Crippen molar-refractivity contribution >= 4 is 22.6 Å². The molecule has 0 aromatic carbocycles. The van der Waals surface area contributed by atoms with Crippen molar-refractivity contribution in [2.24, 2.45) is 18.9 Å². The first-order valence-electron chi connectivity index (χ1n) is 15.0. The molecule has 6 heteroatoms. The lowest BCUT2D eigenvalue weighted by atomic mass is 9.87. The molecule has 0 N–H and O–H groups in total. The number of ketones is 1. The van der Waals surface area contributed by atoms with Crippen LogP contribution in [0.2, 0.25) is 0 Å². The van der Waals surface area contributed by atoms with E-state index in [0.717, 1.165) is 55.2 Å². The summed E-state index contributed by atoms with van der Waals surface area (Å²) in [5, 5.41) is 5.59. The first-order valence-corrected chi connectivity index (χ1v) is 15.0. The van der Waals surface area contributed by atoms with Crippen LogP contribution in [0.1, 0.15) is 107 Å². The van der Waals surface area contributed by atoms with E-state index in [4.69, 9.17) is 4.98 Å². The highest BCUT2D eigenvalue weighted by molar-refractivity contribution is 6.05. The van der Waals surface area contributed by atoms with Crippen LogP contribution in [-0.2, 0) is 7.05 Å². The molecule has 0 bridgehead atoms. The van der Waals surface area contributed by atoms with Gasteiger partial charge in [-0.3, -0.25) is 4.79 Å². The van der Waals surface area contributed by atoms with Crippen molar-refractivity contribution < 1.29 is 4.79 Å². The third kappa shape index (κ3) is 5.95. The van der Waals surface area contributed by atoms with Crippen LogP contribution in [0.3, 0.4) is 0 Å². The minimum Gasteiger partial charge on any atom is -0.354 e. The second kappa shape index (κ2) is 12.1. The second-order valence-corrected chi connectivity index (χ2v) is 11.8. The number of carbonyl (C=O) groups excluding carboxylic acids is 1. The number of anilines is 1. The van der Waals surface area contributed by atoms with Gasteiger partial charge in [0.15, 0.2) is 11.4 Å². The summed E-state index contributed by atoms with van der Waals surface area (Å²) in [7, 11) is 1.93. The molecule has 3 heterocycles. The highest BCUT2D eigenvalue weighted by Gasteiger charge is 2.27. The van der Waals surface area contributed by atoms with Crippen LogP contribution in [0.15, 0.2) is 12.1 Å². The fraction of sp³-hybridized carbons (Fsp3) is 0.767. The zero-order chi connectivity index (χ0) is 24.9. The summed E-state index contributed by atoms with van der Waals surface area (Å²) in [5.74, 6) is 2.61. The summed E-state index contributed by atoms with van der Waals surface area (Å²) in [6.07, 6.45) is 17.8. The molecule has 6 nitrogen and oxygen atoms in total. The number of rotatable bonds is 8. The molecule has 5 rings (SSSR count). The fourth-order valence-corrected chi connectivity index (χ4v) is 7.13. The van der Waals surface area contributed by atoms with E-state index in [-0.39, 0.29) is 5.78 Å². The molecule has 1 aliphatic heterocycles. The summed E-state index contributed by atoms with van der Waals surface area (Å²) < 4.78 is 1.82. The molecule has 0 radical (unpaired) electrons. The summed E-state index contributed by atoms with van der Waals surface area (Å²) >= 11 is 0. The number of nitrogens with zero attached hydrogens (tertiary/aromatic N) is 5. The van der Waals surface area contributed by atoms with Crippen LogP contribution >= 0.6 is 0 Å². The molecule has 0 atom stereocenters. The maximum atomic E-state index is 13.4. The van der Waals surface area contributed by atoms with Crippen molar-refractivity contribution in [3.63, 3.8) is 0 Å². The van der Waals surface area contributed by atoms with Crippen LogP contribution in [0.4, 0.5) is 5.82 Å². The summed E-state index contributed by atoms with van der Waals surface area (Å²) in [6.45, 7) is 6.77. The summed E-state index contributed by atoms with van der Waals surface area (Å²) in [5.41, 5.74) is 1.46. The molecule has 36 heavy (non-hydrogen) atoms. The van der Waals surface area contributed by atoms with Crippen molar-refractivity contribution in [3.8, 4) is 0 Å². The third-order valence-corrected chi connectivity index (χ3v) is 9.26. The number of aryl methyl sites for hydroxylation is 1. The van der Waals surface area contributed by atoms with Crippen LogP contribution in [-0.4, -0.2) is 57.7 Å². The Morgan fingerprint density at radius 1 is 0.917 bits per heavy atom. The lowest BCUT2D eigenvalue weighted by molar-refractivity contribution is 0.0910. The van der Waals surface area contributed by atoms with E-state index in [2.05, 4.69) is 34.0 Å². The molecule has 198 valence electrons. The van der Waals surface area contributed by atoms with Gasteiger partial charge in [0, 0.05) is 32.6 Å². The quantitative estimate of drug-likeness (QED) is 0.315. The molecule has 3 fully saturated rings. The monoisotopic (exact) mass is 493 g/mol. The van der Waals surface area contributed by atoms with E-state index in [1.54, 1.807) is 0 Å². The highest BCUT2D eigenvalue weighted by Crippen LogP contribution is 2.30. The molecule has 3 aliphatic rings. The van der Waals surface area contributed by atoms with Gasteiger partial charge >= 0.3 is 0 Å². The van der Waals surface area contributed by atoms with Gasteiger partial charge in [-0.25, -0.2) is 9.67 Å². The SMILES string of the molecule is CCN(c1ccc2c(C(=O)CC3CCN(CC4CCCCC4)CC3)nn(C)c2n1)C1CCCCCC1. The Morgan fingerprint density at radius 3 is 2.28 bits per heavy atom. The maximum absolute atomic E-state index is 13.4. The number of Topliss-reactive ketones (excluding diaryl/α,β-unsaturated/α-hetero) is 1. The zero-order valence-corrected chi connectivity index (χ0v) is 22.8. The van der Waals surface area contributed by atoms with Gasteiger partial charge in [-0.2, -0.15) is 5.10 Å². The van der Waals surface area contributed by atoms with Gasteiger partial charge in [-0.1, -0.05) is 44.9 Å². The highest BCUT2D eigenvalue weighted by atomic mass is 16.1. The molecule has 0 amide bonds. The number of piperidine rings is 1. The Labute approximate surface area is 217 Å². The standard InChI is InChI=1S/C30H47N5O/c1-3-35(25-13-9-4-5-10-14-25)28-16-15-26-29(32-33(2)30(26)31-28)27(36)21-23-17-19-34(20-18-23)22-24-11-7-6-8-12-24/h15-16,23-25H,3-14,17-22H2,1-2H3. The van der Waals surface area contributed by atoms with Crippen molar-refractivity contribution in [2.45, 2.75) is 103 Å². The molecule has 2 aromatic rings. The molecular formula is C30H47N5O. The Morgan fingerprint density at radius 2 is 1.58 bits per heavy atom. The minimum absolute atomic E-state index is 0.192. The van der Waals surface area contributed by atoms with Crippen molar-refractivity contribution in [1.82, 2.24) is 19.7 Å². The number of pyridine rings is 1. The molecule has 1 saturated heterocycles. The van der Waals surface area contributed by atoms with Gasteiger partial charge in [0.25, 0.3) is 0 Å². The minimum atomic E-state index is 0.192. The first-order chi connectivity index (χ1) is 17.6. The lowest BCUT2D eigenvalue weighted by Crippen LogP contribution is -2.38. The van der Waals surface area contributed by atoms with E-state index in [0.29, 0.717) is 24.1 Å². The fourth-order valence-electron chi connectivity index (χ4n) is 7.13. The Kier molecular flexibility index (Phi) is 8.61. The van der Waals surface area contributed by atoms with E-state index >= 15 is 0 Å². The average molecular weight is 494 g/mol. The van der Waals surface area contributed by atoms with Crippen LogP contribution in [0.5, 0.6) is 0 Å². The van der Waals surface area contributed by atoms with Gasteiger partial charge in [-0.15, -0.1) is 0 Å². The number of aromatic nitrogens is 3. The number of fused-ring (bicyclic) bond motifs is 1. The van der Waals surface area contributed by atoms with Crippen LogP contribution in [0.25, 0.3) is 11.0 Å². The number of hydrogen-bond donors (Lipinski definition) is 0. The summed E-state index contributed by atoms with van der Waals surface area (Å²) in [6, 6.07) is 4.80. The zero-order valence-electron chi connectivity index (χ0n) is 22.8. The van der Waals surface area contributed by atoms with E-state index in [1.165, 1.54) is 77.2 Å². The van der Waals surface area contributed by atoms with Crippen molar-refractivity contribution in [2.75, 3.05) is 31.1 Å². The molecule has 2 aliphatic carbocycles. The Hall–Kier alpha value is -1.95. The second-order valence-electron chi connectivity index (χ2n) is 11.8. The van der Waals surface area contributed by atoms with E-state index < -0.39 is 0 Å². The molecule has 2 aromatic heterocycles. The Bertz CT molecular complexity index is 994. The normalized spacial score (nSPS) is 21.6. The number of likely N-dealkylation sites (tertiary alicyclic amines) is 1. The number of carbonyl (C=O) groups is 1. The van der Waals surface area contributed by atoms with Crippen molar-refractivity contribution in [3.05, 3.63) is 17.8 Å². The number of hydrogen-bond acceptors (Lipinski definition) is 5. The Balaban J connectivity index is 1.22. The van der Waals surface area contributed by atoms with Gasteiger partial charge < -0.3 is 9.80 Å². The molecule has 0 unspecified atom stereocenters. The predicted octanol–water partition coefficient (Wildman–Crippen LogP) is 6.38. The van der Waals surface area contributed by atoms with Gasteiger partial charge in [-0.05, 0) is 82.5 Å². The predicted molar refractivity (Wildman–Crippen MR) is 148 cm³/mol. The topological polar surface area (TPSA) is 54.3 Å². The van der Waals surface area contributed by atoms with E-state index in [9.17, 15) is 4.79 Å². The van der Waals surface area contributed by atoms with Gasteiger partial charge in [0.2, 0.25) is 0 Å². The molecule has 2 saturated carbocycles. The van der Waals surface area contributed by atoms with Crippen molar-refractivity contribution in [1.29, 1.82) is 0 Å². The van der Waals surface area contributed by atoms with Gasteiger partial charge in [0.05, 0.1) is 5.39 Å². The molecule has 0 spiro atoms. The largest absolute Gasteiger partial charge is 0.354 e. The van der Waals surface area contributed by atoms with Crippen LogP contribution < -0.4 is 4.90 Å². The smallest absolute Gasteiger partial charge is 0.184 e. The van der Waals surface area contributed by atoms with E-state index in [1.807, 2.05) is 11.7 Å². The van der Waals surface area contributed by atoms with Crippen LogP contribution in [0, 0.1) is 11.8 Å².